The van der Waals surface area contributed by atoms with Crippen molar-refractivity contribution in [3.63, 3.8) is 0 Å². The van der Waals surface area contributed by atoms with Crippen molar-refractivity contribution in [3.8, 4) is 0 Å². The molecule has 0 spiro atoms. The lowest BCUT2D eigenvalue weighted by atomic mass is 10.0. The van der Waals surface area contributed by atoms with Crippen molar-refractivity contribution in [1.29, 1.82) is 0 Å². The number of hydrogen-bond donors (Lipinski definition) is 1. The van der Waals surface area contributed by atoms with Gasteiger partial charge in [-0.05, 0) is 57.0 Å². The van der Waals surface area contributed by atoms with Crippen molar-refractivity contribution in [3.05, 3.63) is 70.3 Å². The summed E-state index contributed by atoms with van der Waals surface area (Å²) in [6.07, 6.45) is 7.76. The lowest BCUT2D eigenvalue weighted by molar-refractivity contribution is 0.215. The summed E-state index contributed by atoms with van der Waals surface area (Å²) in [5.41, 5.74) is 3.31. The lowest BCUT2D eigenvalue weighted by Gasteiger charge is -2.13. The fourth-order valence-electron chi connectivity index (χ4n) is 2.26. The number of rotatable bonds is 9. The zero-order chi connectivity index (χ0) is 17.2. The Morgan fingerprint density at radius 2 is 1.87 bits per heavy atom. The summed E-state index contributed by atoms with van der Waals surface area (Å²) in [6.45, 7) is 9.75. The number of benzene rings is 1. The van der Waals surface area contributed by atoms with Crippen molar-refractivity contribution in [2.24, 2.45) is 0 Å². The van der Waals surface area contributed by atoms with Crippen LogP contribution < -0.4 is 0 Å². The number of aliphatic hydroxyl groups is 1. The molecule has 3 heteroatoms. The maximum absolute atomic E-state index is 10.4. The van der Waals surface area contributed by atoms with Crippen molar-refractivity contribution in [2.75, 3.05) is 20.1 Å². The molecule has 0 fully saturated rings. The molecule has 23 heavy (non-hydrogen) atoms. The molecule has 0 heterocycles. The minimum absolute atomic E-state index is 0.522. The van der Waals surface area contributed by atoms with Crippen LogP contribution in [0.1, 0.15) is 38.4 Å². The molecule has 1 atom stereocenters. The summed E-state index contributed by atoms with van der Waals surface area (Å²) >= 11 is 3.41. The van der Waals surface area contributed by atoms with Crippen LogP contribution in [-0.2, 0) is 0 Å². The highest BCUT2D eigenvalue weighted by atomic mass is 79.9. The van der Waals surface area contributed by atoms with Crippen LogP contribution in [0.4, 0.5) is 0 Å². The Bertz CT molecular complexity index is 545. The van der Waals surface area contributed by atoms with E-state index < -0.39 is 6.10 Å². The van der Waals surface area contributed by atoms with E-state index in [2.05, 4.69) is 53.5 Å². The second-order valence-electron chi connectivity index (χ2n) is 6.00. The third-order valence-corrected chi connectivity index (χ3v) is 4.34. The minimum Gasteiger partial charge on any atom is -0.384 e. The fourth-order valence-corrected chi connectivity index (χ4v) is 2.52. The third-order valence-electron chi connectivity index (χ3n) is 3.81. The lowest BCUT2D eigenvalue weighted by Crippen LogP contribution is -2.18. The van der Waals surface area contributed by atoms with Crippen molar-refractivity contribution in [2.45, 2.75) is 32.8 Å². The maximum Gasteiger partial charge on any atom is 0.0998 e. The molecule has 0 bridgehead atoms. The Balaban J connectivity index is 2.48. The number of nitrogens with zero attached hydrogens (tertiary/aromatic N) is 1. The van der Waals surface area contributed by atoms with Gasteiger partial charge < -0.3 is 5.11 Å². The Labute approximate surface area is 149 Å². The number of allylic oxidation sites excluding steroid dienone is 2. The van der Waals surface area contributed by atoms with E-state index in [0.29, 0.717) is 0 Å². The van der Waals surface area contributed by atoms with Crippen LogP contribution in [0.3, 0.4) is 0 Å². The number of hydrogen-bond acceptors (Lipinski definition) is 2. The van der Waals surface area contributed by atoms with Crippen LogP contribution in [0.15, 0.2) is 64.7 Å². The van der Waals surface area contributed by atoms with Crippen molar-refractivity contribution in [1.82, 2.24) is 4.90 Å². The van der Waals surface area contributed by atoms with Crippen LogP contribution >= 0.6 is 15.9 Å². The topological polar surface area (TPSA) is 23.5 Å². The molecule has 0 aromatic heterocycles. The molecule has 1 aromatic carbocycles. The van der Waals surface area contributed by atoms with E-state index in [1.165, 1.54) is 5.57 Å². The second kappa shape index (κ2) is 10.6. The van der Waals surface area contributed by atoms with Crippen LogP contribution in [0.5, 0.6) is 0 Å². The van der Waals surface area contributed by atoms with E-state index in [0.717, 1.165) is 41.5 Å². The minimum atomic E-state index is -0.522. The number of halogens is 1. The van der Waals surface area contributed by atoms with Gasteiger partial charge in [0.15, 0.2) is 0 Å². The highest BCUT2D eigenvalue weighted by molar-refractivity contribution is 9.10. The van der Waals surface area contributed by atoms with E-state index in [1.54, 1.807) is 0 Å². The van der Waals surface area contributed by atoms with E-state index in [4.69, 9.17) is 0 Å². The summed E-state index contributed by atoms with van der Waals surface area (Å²) in [7, 11) is 2.09. The number of aliphatic hydroxyl groups excluding tert-OH is 1. The predicted octanol–water partition coefficient (Wildman–Crippen LogP) is 5.27. The van der Waals surface area contributed by atoms with Crippen LogP contribution in [-0.4, -0.2) is 30.1 Å². The molecule has 0 amide bonds. The summed E-state index contributed by atoms with van der Waals surface area (Å²) in [4.78, 5) is 2.22. The van der Waals surface area contributed by atoms with Crippen molar-refractivity contribution >= 4 is 15.9 Å². The van der Waals surface area contributed by atoms with Gasteiger partial charge in [-0.15, -0.1) is 6.58 Å². The van der Waals surface area contributed by atoms with Gasteiger partial charge in [0.1, 0.15) is 0 Å². The molecule has 0 aliphatic rings. The Morgan fingerprint density at radius 3 is 2.48 bits per heavy atom. The van der Waals surface area contributed by atoms with E-state index in [1.807, 2.05) is 37.3 Å². The quantitative estimate of drug-likeness (QED) is 0.592. The first-order chi connectivity index (χ1) is 10.9. The smallest absolute Gasteiger partial charge is 0.0998 e. The average Bonchev–Trinajstić information content (AvgIpc) is 2.53. The Hall–Kier alpha value is -1.16. The van der Waals surface area contributed by atoms with Gasteiger partial charge in [0.2, 0.25) is 0 Å². The van der Waals surface area contributed by atoms with Crippen LogP contribution in [0.25, 0.3) is 0 Å². The largest absolute Gasteiger partial charge is 0.384 e. The van der Waals surface area contributed by atoms with Gasteiger partial charge in [-0.25, -0.2) is 0 Å². The highest BCUT2D eigenvalue weighted by Gasteiger charge is 2.08. The van der Waals surface area contributed by atoms with E-state index >= 15 is 0 Å². The molecule has 0 aliphatic carbocycles. The molecule has 2 nitrogen and oxygen atoms in total. The molecule has 0 saturated carbocycles. The monoisotopic (exact) mass is 377 g/mol. The Kier molecular flexibility index (Phi) is 9.15. The third kappa shape index (κ3) is 7.78. The molecule has 1 N–H and O–H groups in total. The van der Waals surface area contributed by atoms with Gasteiger partial charge in [-0.2, -0.15) is 0 Å². The zero-order valence-corrected chi connectivity index (χ0v) is 16.0. The molecule has 126 valence electrons. The Morgan fingerprint density at radius 1 is 1.22 bits per heavy atom. The maximum atomic E-state index is 10.4. The van der Waals surface area contributed by atoms with Gasteiger partial charge in [0.05, 0.1) is 6.10 Å². The molecule has 1 aromatic rings. The van der Waals surface area contributed by atoms with Gasteiger partial charge in [-0.3, -0.25) is 4.90 Å². The van der Waals surface area contributed by atoms with Gasteiger partial charge >= 0.3 is 0 Å². The molecule has 1 rings (SSSR count). The predicted molar refractivity (Wildman–Crippen MR) is 104 cm³/mol. The van der Waals surface area contributed by atoms with Crippen LogP contribution in [0, 0.1) is 0 Å². The summed E-state index contributed by atoms with van der Waals surface area (Å²) in [5, 5.41) is 10.4. The van der Waals surface area contributed by atoms with Gasteiger partial charge in [0.25, 0.3) is 0 Å². The number of likely N-dealkylation sites (N-methyl/N-ethyl adjacent to an activating group) is 1. The first kappa shape index (κ1) is 19.9. The molecule has 0 aliphatic heterocycles. The highest BCUT2D eigenvalue weighted by Crippen LogP contribution is 2.23. The molecule has 0 saturated heterocycles. The van der Waals surface area contributed by atoms with Crippen LogP contribution in [0.2, 0.25) is 0 Å². The van der Waals surface area contributed by atoms with E-state index in [-0.39, 0.29) is 0 Å². The SMILES string of the molecule is C=CCN(C)CC=C(C)CCC=C(C)C(O)c1ccc(Br)cc1. The first-order valence-corrected chi connectivity index (χ1v) is 8.78. The summed E-state index contributed by atoms with van der Waals surface area (Å²) in [5.74, 6) is 0. The standard InChI is InChI=1S/C20H28BrNO/c1-5-14-22(4)15-13-16(2)7-6-8-17(3)20(23)18-9-11-19(21)12-10-18/h5,8-13,20,23H,1,6-7,14-15H2,2-4H3. The van der Waals surface area contributed by atoms with Gasteiger partial charge in [0, 0.05) is 17.6 Å². The van der Waals surface area contributed by atoms with E-state index in [9.17, 15) is 5.11 Å². The van der Waals surface area contributed by atoms with Crippen molar-refractivity contribution < 1.29 is 5.11 Å². The first-order valence-electron chi connectivity index (χ1n) is 7.99. The molecule has 1 unspecified atom stereocenters. The second-order valence-corrected chi connectivity index (χ2v) is 6.92. The van der Waals surface area contributed by atoms with Gasteiger partial charge in [-0.1, -0.05) is 51.9 Å². The summed E-state index contributed by atoms with van der Waals surface area (Å²) in [6, 6.07) is 7.82. The fraction of sp³-hybridized carbons (Fsp3) is 0.400. The normalized spacial score (nSPS) is 14.2. The zero-order valence-electron chi connectivity index (χ0n) is 14.4. The molecular formula is C20H28BrNO. The average molecular weight is 378 g/mol. The summed E-state index contributed by atoms with van der Waals surface area (Å²) < 4.78 is 1.03. The molecule has 0 radical (unpaired) electrons. The molecular weight excluding hydrogens is 350 g/mol.